The van der Waals surface area contributed by atoms with Crippen LogP contribution in [0, 0.1) is 5.92 Å². The monoisotopic (exact) mass is 284 g/mol. The maximum Gasteiger partial charge on any atom is 0.228 e. The first kappa shape index (κ1) is 15.1. The maximum atomic E-state index is 12.5. The largest absolute Gasteiger partial charge is 0.409 e. The fourth-order valence-corrected chi connectivity index (χ4v) is 2.95. The van der Waals surface area contributed by atoms with Gasteiger partial charge in [0.2, 0.25) is 5.91 Å². The number of piperazine rings is 1. The highest BCUT2D eigenvalue weighted by Crippen LogP contribution is 2.25. The van der Waals surface area contributed by atoms with Gasteiger partial charge in [-0.1, -0.05) is 12.1 Å². The minimum atomic E-state index is 0.0237. The van der Waals surface area contributed by atoms with E-state index in [4.69, 9.17) is 15.7 Å². The van der Waals surface area contributed by atoms with Crippen LogP contribution in [0.15, 0.2) is 5.16 Å². The van der Waals surface area contributed by atoms with Gasteiger partial charge in [0.15, 0.2) is 5.84 Å². The van der Waals surface area contributed by atoms with Crippen LogP contribution in [0.3, 0.4) is 0 Å². The molecule has 1 amide bonds. The minimum Gasteiger partial charge on any atom is -0.409 e. The summed E-state index contributed by atoms with van der Waals surface area (Å²) in [6, 6.07) is 0. The molecule has 2 aliphatic heterocycles. The zero-order valence-corrected chi connectivity index (χ0v) is 12.0. The zero-order valence-electron chi connectivity index (χ0n) is 12.0. The van der Waals surface area contributed by atoms with Gasteiger partial charge in [0.1, 0.15) is 0 Å². The predicted molar refractivity (Wildman–Crippen MR) is 74.6 cm³/mol. The average Bonchev–Trinajstić information content (AvgIpc) is 2.95. The van der Waals surface area contributed by atoms with Gasteiger partial charge in [0.05, 0.1) is 18.6 Å². The lowest BCUT2D eigenvalue weighted by molar-refractivity contribution is -0.139. The Labute approximate surface area is 119 Å². The van der Waals surface area contributed by atoms with E-state index in [2.05, 4.69) is 17.0 Å². The van der Waals surface area contributed by atoms with E-state index >= 15 is 0 Å². The molecule has 0 aliphatic carbocycles. The Morgan fingerprint density at radius 2 is 2.10 bits per heavy atom. The average molecular weight is 284 g/mol. The fraction of sp³-hybridized carbons (Fsp3) is 0.846. The summed E-state index contributed by atoms with van der Waals surface area (Å²) in [5, 5.41) is 11.5. The first-order valence-electron chi connectivity index (χ1n) is 7.24. The van der Waals surface area contributed by atoms with Crippen molar-refractivity contribution in [3.8, 4) is 0 Å². The normalized spacial score (nSPS) is 28.9. The molecule has 0 saturated carbocycles. The van der Waals surface area contributed by atoms with Crippen molar-refractivity contribution in [1.82, 2.24) is 9.80 Å². The summed E-state index contributed by atoms with van der Waals surface area (Å²) < 4.78 is 5.60. The van der Waals surface area contributed by atoms with Crippen molar-refractivity contribution in [3.05, 3.63) is 0 Å². The van der Waals surface area contributed by atoms with E-state index in [1.165, 1.54) is 0 Å². The number of carbonyl (C=O) groups excluding carboxylic acids is 1. The van der Waals surface area contributed by atoms with Gasteiger partial charge in [0.25, 0.3) is 0 Å². The van der Waals surface area contributed by atoms with Crippen LogP contribution in [0.5, 0.6) is 0 Å². The molecule has 2 fully saturated rings. The highest BCUT2D eigenvalue weighted by molar-refractivity contribution is 5.82. The van der Waals surface area contributed by atoms with E-state index in [1.54, 1.807) is 0 Å². The summed E-state index contributed by atoms with van der Waals surface area (Å²) in [6.45, 7) is 6.11. The smallest absolute Gasteiger partial charge is 0.228 e. The third-order valence-electron chi connectivity index (χ3n) is 4.13. The second-order valence-electron chi connectivity index (χ2n) is 5.41. The molecule has 20 heavy (non-hydrogen) atoms. The number of amidine groups is 1. The number of oxime groups is 1. The summed E-state index contributed by atoms with van der Waals surface area (Å²) >= 11 is 0. The molecule has 2 aliphatic rings. The number of carbonyl (C=O) groups is 1. The molecule has 2 atom stereocenters. The summed E-state index contributed by atoms with van der Waals surface area (Å²) in [5.41, 5.74) is 5.50. The molecular formula is C13H24N4O3. The molecule has 7 heteroatoms. The number of amides is 1. The molecule has 2 rings (SSSR count). The Morgan fingerprint density at radius 3 is 2.70 bits per heavy atom. The third kappa shape index (κ3) is 3.40. The summed E-state index contributed by atoms with van der Waals surface area (Å²) in [6.07, 6.45) is 1.80. The van der Waals surface area contributed by atoms with Crippen LogP contribution >= 0.6 is 0 Å². The van der Waals surface area contributed by atoms with Gasteiger partial charge < -0.3 is 20.6 Å². The zero-order chi connectivity index (χ0) is 14.5. The lowest BCUT2D eigenvalue weighted by Crippen LogP contribution is -2.52. The van der Waals surface area contributed by atoms with Crippen molar-refractivity contribution < 1.29 is 14.7 Å². The number of hydrogen-bond donors (Lipinski definition) is 2. The van der Waals surface area contributed by atoms with Crippen molar-refractivity contribution in [2.75, 3.05) is 39.3 Å². The molecule has 3 N–H and O–H groups in total. The molecule has 0 spiro atoms. The van der Waals surface area contributed by atoms with Crippen LogP contribution in [0.2, 0.25) is 0 Å². The lowest BCUT2D eigenvalue weighted by Gasteiger charge is -2.36. The molecule has 0 aromatic heterocycles. The van der Waals surface area contributed by atoms with E-state index in [0.717, 1.165) is 25.9 Å². The molecule has 2 unspecified atom stereocenters. The second kappa shape index (κ2) is 6.90. The molecule has 2 saturated heterocycles. The summed E-state index contributed by atoms with van der Waals surface area (Å²) in [4.78, 5) is 16.5. The van der Waals surface area contributed by atoms with Crippen molar-refractivity contribution in [1.29, 1.82) is 0 Å². The first-order valence-corrected chi connectivity index (χ1v) is 7.24. The van der Waals surface area contributed by atoms with Crippen molar-refractivity contribution in [2.24, 2.45) is 16.8 Å². The molecule has 0 bridgehead atoms. The quantitative estimate of drug-likeness (QED) is 0.320. The first-order chi connectivity index (χ1) is 9.65. The molecule has 0 radical (unpaired) electrons. The number of nitrogens with zero attached hydrogens (tertiary/aromatic N) is 3. The third-order valence-corrected chi connectivity index (χ3v) is 4.13. The van der Waals surface area contributed by atoms with Crippen LogP contribution in [-0.4, -0.2) is 72.2 Å². The number of hydrogen-bond acceptors (Lipinski definition) is 5. The van der Waals surface area contributed by atoms with Gasteiger partial charge >= 0.3 is 0 Å². The Morgan fingerprint density at radius 1 is 1.40 bits per heavy atom. The van der Waals surface area contributed by atoms with E-state index in [0.29, 0.717) is 26.2 Å². The van der Waals surface area contributed by atoms with Crippen LogP contribution in [0.4, 0.5) is 0 Å². The van der Waals surface area contributed by atoms with Crippen LogP contribution in [-0.2, 0) is 9.53 Å². The molecule has 2 heterocycles. The SMILES string of the molecule is CCC1OCCC1C(=O)N1CCN(CC(N)=NO)CC1. The molecular weight excluding hydrogens is 260 g/mol. The second-order valence-corrected chi connectivity index (χ2v) is 5.41. The van der Waals surface area contributed by atoms with E-state index < -0.39 is 0 Å². The Hall–Kier alpha value is -1.34. The predicted octanol–water partition coefficient (Wildman–Crippen LogP) is -0.308. The fourth-order valence-electron chi connectivity index (χ4n) is 2.95. The maximum absolute atomic E-state index is 12.5. The Kier molecular flexibility index (Phi) is 5.19. The molecule has 7 nitrogen and oxygen atoms in total. The van der Waals surface area contributed by atoms with Crippen LogP contribution < -0.4 is 5.73 Å². The van der Waals surface area contributed by atoms with Crippen molar-refractivity contribution in [3.63, 3.8) is 0 Å². The number of rotatable bonds is 4. The summed E-state index contributed by atoms with van der Waals surface area (Å²) in [7, 11) is 0. The van der Waals surface area contributed by atoms with Gasteiger partial charge in [-0.15, -0.1) is 0 Å². The van der Waals surface area contributed by atoms with Gasteiger partial charge in [-0.3, -0.25) is 9.69 Å². The summed E-state index contributed by atoms with van der Waals surface area (Å²) in [5.74, 6) is 0.452. The van der Waals surface area contributed by atoms with Crippen LogP contribution in [0.25, 0.3) is 0 Å². The Bertz CT molecular complexity index is 367. The number of nitrogens with two attached hydrogens (primary N) is 1. The number of ether oxygens (including phenoxy) is 1. The van der Waals surface area contributed by atoms with E-state index in [9.17, 15) is 4.79 Å². The molecule has 0 aromatic rings. The minimum absolute atomic E-state index is 0.0237. The van der Waals surface area contributed by atoms with Crippen molar-refractivity contribution in [2.45, 2.75) is 25.9 Å². The topological polar surface area (TPSA) is 91.4 Å². The highest BCUT2D eigenvalue weighted by Gasteiger charge is 2.36. The van der Waals surface area contributed by atoms with E-state index in [1.807, 2.05) is 4.90 Å². The van der Waals surface area contributed by atoms with Crippen LogP contribution in [0.1, 0.15) is 19.8 Å². The molecule has 114 valence electrons. The van der Waals surface area contributed by atoms with Gasteiger partial charge in [-0.25, -0.2) is 0 Å². The van der Waals surface area contributed by atoms with Gasteiger partial charge in [-0.2, -0.15) is 0 Å². The van der Waals surface area contributed by atoms with Gasteiger partial charge in [0, 0.05) is 32.8 Å². The molecule has 0 aromatic carbocycles. The lowest BCUT2D eigenvalue weighted by atomic mass is 9.97. The Balaban J connectivity index is 1.82. The standard InChI is InChI=1S/C13H24N4O3/c1-2-11-10(3-8-20-11)13(18)17-6-4-16(5-7-17)9-12(14)15-19/h10-11,19H,2-9H2,1H3,(H2,14,15). The van der Waals surface area contributed by atoms with Gasteiger partial charge in [-0.05, 0) is 12.8 Å². The van der Waals surface area contributed by atoms with Crippen molar-refractivity contribution >= 4 is 11.7 Å². The highest BCUT2D eigenvalue weighted by atomic mass is 16.5. The van der Waals surface area contributed by atoms with E-state index in [-0.39, 0.29) is 23.8 Å².